The van der Waals surface area contributed by atoms with Gasteiger partial charge in [-0.1, -0.05) is 18.7 Å². The van der Waals surface area contributed by atoms with Crippen LogP contribution in [0.2, 0.25) is 0 Å². The zero-order valence-electron chi connectivity index (χ0n) is 15.9. The summed E-state index contributed by atoms with van der Waals surface area (Å²) in [5.41, 5.74) is 2.54. The molecule has 0 spiro atoms. The molecule has 0 aliphatic rings. The SMILES string of the molecule is C=C(C)C(=O)OCCCCc1ccc(N=Nc2ccc(OC(F)(F)F)cc2)cc1. The second-order valence-electron chi connectivity index (χ2n) is 6.28. The summed E-state index contributed by atoms with van der Waals surface area (Å²) < 4.78 is 45.2. The van der Waals surface area contributed by atoms with Crippen molar-refractivity contribution in [3.05, 3.63) is 66.2 Å². The van der Waals surface area contributed by atoms with Crippen LogP contribution in [0.4, 0.5) is 24.5 Å². The van der Waals surface area contributed by atoms with E-state index >= 15 is 0 Å². The standard InChI is InChI=1S/C21H21F3N2O3/c1-15(2)20(27)28-14-4-3-5-16-6-8-17(9-7-16)25-26-18-10-12-19(13-11-18)29-21(22,23)24/h6-13H,1,3-5,14H2,2H3. The minimum absolute atomic E-state index is 0.310. The first kappa shape index (κ1) is 22.1. The van der Waals surface area contributed by atoms with Crippen molar-refractivity contribution in [3.63, 3.8) is 0 Å². The number of azo groups is 1. The number of carbonyl (C=O) groups is 1. The molecule has 8 heteroatoms. The van der Waals surface area contributed by atoms with E-state index in [1.165, 1.54) is 24.3 Å². The number of aryl methyl sites for hydroxylation is 1. The maximum atomic E-state index is 12.1. The van der Waals surface area contributed by atoms with E-state index in [0.717, 1.165) is 24.8 Å². The zero-order chi connectivity index (χ0) is 21.3. The highest BCUT2D eigenvalue weighted by Gasteiger charge is 2.30. The summed E-state index contributed by atoms with van der Waals surface area (Å²) in [6.45, 7) is 5.50. The van der Waals surface area contributed by atoms with Crippen LogP contribution in [0.25, 0.3) is 0 Å². The Kier molecular flexibility index (Phi) is 7.94. The van der Waals surface area contributed by atoms with Crippen LogP contribution >= 0.6 is 0 Å². The van der Waals surface area contributed by atoms with E-state index < -0.39 is 6.36 Å². The third kappa shape index (κ3) is 8.59. The van der Waals surface area contributed by atoms with E-state index in [9.17, 15) is 18.0 Å². The maximum absolute atomic E-state index is 12.1. The Morgan fingerprint density at radius 3 is 2.03 bits per heavy atom. The van der Waals surface area contributed by atoms with Crippen molar-refractivity contribution in [1.29, 1.82) is 0 Å². The lowest BCUT2D eigenvalue weighted by atomic mass is 10.1. The van der Waals surface area contributed by atoms with Crippen molar-refractivity contribution in [1.82, 2.24) is 0 Å². The molecule has 0 N–H and O–H groups in total. The molecule has 2 rings (SSSR count). The third-order valence-corrected chi connectivity index (χ3v) is 3.73. The summed E-state index contributed by atoms with van der Waals surface area (Å²) >= 11 is 0. The molecule has 0 unspecified atom stereocenters. The van der Waals surface area contributed by atoms with Crippen LogP contribution in [-0.4, -0.2) is 18.9 Å². The Morgan fingerprint density at radius 1 is 0.966 bits per heavy atom. The Hall–Kier alpha value is -3.16. The van der Waals surface area contributed by atoms with Crippen LogP contribution in [-0.2, 0) is 16.0 Å². The third-order valence-electron chi connectivity index (χ3n) is 3.73. The number of unbranched alkanes of at least 4 members (excludes halogenated alkanes) is 1. The van der Waals surface area contributed by atoms with Gasteiger partial charge < -0.3 is 9.47 Å². The average molecular weight is 406 g/mol. The Bertz CT molecular complexity index is 845. The number of rotatable bonds is 9. The van der Waals surface area contributed by atoms with Gasteiger partial charge in [0.05, 0.1) is 18.0 Å². The van der Waals surface area contributed by atoms with Gasteiger partial charge in [0.25, 0.3) is 0 Å². The van der Waals surface area contributed by atoms with E-state index in [-0.39, 0.29) is 11.7 Å². The molecule has 2 aromatic carbocycles. The summed E-state index contributed by atoms with van der Waals surface area (Å²) in [5.74, 6) is -0.683. The van der Waals surface area contributed by atoms with Gasteiger partial charge in [-0.2, -0.15) is 10.2 Å². The van der Waals surface area contributed by atoms with Gasteiger partial charge >= 0.3 is 12.3 Å². The molecular weight excluding hydrogens is 385 g/mol. The Labute approximate surface area is 166 Å². The number of benzene rings is 2. The Balaban J connectivity index is 1.78. The van der Waals surface area contributed by atoms with Gasteiger partial charge in [-0.15, -0.1) is 13.2 Å². The first-order chi connectivity index (χ1) is 13.7. The van der Waals surface area contributed by atoms with Crippen LogP contribution in [0, 0.1) is 0 Å². The molecule has 154 valence electrons. The lowest BCUT2D eigenvalue weighted by Crippen LogP contribution is -2.16. The topological polar surface area (TPSA) is 60.2 Å². The van der Waals surface area contributed by atoms with Crippen molar-refractivity contribution in [3.8, 4) is 5.75 Å². The summed E-state index contributed by atoms with van der Waals surface area (Å²) in [6.07, 6.45) is -2.26. The number of esters is 1. The lowest BCUT2D eigenvalue weighted by molar-refractivity contribution is -0.274. The lowest BCUT2D eigenvalue weighted by Gasteiger charge is -2.08. The van der Waals surface area contributed by atoms with E-state index in [4.69, 9.17) is 4.74 Å². The molecule has 0 bridgehead atoms. The van der Waals surface area contributed by atoms with Crippen molar-refractivity contribution >= 4 is 17.3 Å². The van der Waals surface area contributed by atoms with Gasteiger partial charge in [-0.3, -0.25) is 0 Å². The second-order valence-corrected chi connectivity index (χ2v) is 6.28. The van der Waals surface area contributed by atoms with E-state index in [1.807, 2.05) is 12.1 Å². The molecule has 0 saturated heterocycles. The number of nitrogens with zero attached hydrogens (tertiary/aromatic N) is 2. The molecule has 0 fully saturated rings. The monoisotopic (exact) mass is 406 g/mol. The smallest absolute Gasteiger partial charge is 0.462 e. The van der Waals surface area contributed by atoms with E-state index in [2.05, 4.69) is 21.5 Å². The van der Waals surface area contributed by atoms with Crippen molar-refractivity contribution in [2.75, 3.05) is 6.61 Å². The van der Waals surface area contributed by atoms with Gasteiger partial charge in [0.1, 0.15) is 5.75 Å². The predicted octanol–water partition coefficient (Wildman–Crippen LogP) is 6.44. The largest absolute Gasteiger partial charge is 0.573 e. The highest BCUT2D eigenvalue weighted by atomic mass is 19.4. The highest BCUT2D eigenvalue weighted by molar-refractivity contribution is 5.86. The average Bonchev–Trinajstić information content (AvgIpc) is 2.66. The summed E-state index contributed by atoms with van der Waals surface area (Å²) in [6, 6.07) is 12.6. The fourth-order valence-corrected chi connectivity index (χ4v) is 2.28. The van der Waals surface area contributed by atoms with Gasteiger partial charge in [0.2, 0.25) is 0 Å². The number of hydrogen-bond donors (Lipinski definition) is 0. The van der Waals surface area contributed by atoms with Gasteiger partial charge in [-0.25, -0.2) is 4.79 Å². The fraction of sp³-hybridized carbons (Fsp3) is 0.286. The van der Waals surface area contributed by atoms with Crippen LogP contribution in [0.15, 0.2) is 70.9 Å². The van der Waals surface area contributed by atoms with E-state index in [0.29, 0.717) is 23.6 Å². The fourth-order valence-electron chi connectivity index (χ4n) is 2.28. The van der Waals surface area contributed by atoms with Crippen LogP contribution in [0.5, 0.6) is 5.75 Å². The number of alkyl halides is 3. The predicted molar refractivity (Wildman–Crippen MR) is 102 cm³/mol. The second kappa shape index (κ2) is 10.4. The molecule has 0 amide bonds. The minimum atomic E-state index is -4.72. The summed E-state index contributed by atoms with van der Waals surface area (Å²) in [7, 11) is 0. The number of halogens is 3. The van der Waals surface area contributed by atoms with Crippen LogP contribution in [0.1, 0.15) is 25.3 Å². The molecule has 29 heavy (non-hydrogen) atoms. The van der Waals surface area contributed by atoms with Crippen LogP contribution in [0.3, 0.4) is 0 Å². The molecule has 0 aliphatic carbocycles. The van der Waals surface area contributed by atoms with Crippen molar-refractivity contribution in [2.45, 2.75) is 32.5 Å². The molecule has 0 aliphatic heterocycles. The quantitative estimate of drug-likeness (QED) is 0.208. The molecule has 0 atom stereocenters. The number of carbonyl (C=O) groups excluding carboxylic acids is 1. The molecular formula is C21H21F3N2O3. The first-order valence-corrected chi connectivity index (χ1v) is 8.92. The number of hydrogen-bond acceptors (Lipinski definition) is 5. The van der Waals surface area contributed by atoms with Crippen molar-refractivity contribution < 1.29 is 27.4 Å². The Morgan fingerprint density at radius 2 is 1.52 bits per heavy atom. The molecule has 0 heterocycles. The first-order valence-electron chi connectivity index (χ1n) is 8.92. The minimum Gasteiger partial charge on any atom is -0.462 e. The normalized spacial score (nSPS) is 11.4. The molecule has 0 aromatic heterocycles. The maximum Gasteiger partial charge on any atom is 0.573 e. The van der Waals surface area contributed by atoms with E-state index in [1.54, 1.807) is 19.1 Å². The number of ether oxygens (including phenoxy) is 2. The van der Waals surface area contributed by atoms with Gasteiger partial charge in [0.15, 0.2) is 0 Å². The zero-order valence-corrected chi connectivity index (χ0v) is 15.9. The van der Waals surface area contributed by atoms with Crippen LogP contribution < -0.4 is 4.74 Å². The molecule has 2 aromatic rings. The molecule has 0 radical (unpaired) electrons. The molecule has 5 nitrogen and oxygen atoms in total. The summed E-state index contributed by atoms with van der Waals surface area (Å²) in [5, 5.41) is 8.06. The summed E-state index contributed by atoms with van der Waals surface area (Å²) in [4.78, 5) is 11.3. The molecule has 0 saturated carbocycles. The van der Waals surface area contributed by atoms with Crippen molar-refractivity contribution in [2.24, 2.45) is 10.2 Å². The van der Waals surface area contributed by atoms with Gasteiger partial charge in [0, 0.05) is 5.57 Å². The highest BCUT2D eigenvalue weighted by Crippen LogP contribution is 2.26. The van der Waals surface area contributed by atoms with Gasteiger partial charge in [-0.05, 0) is 68.1 Å².